The average molecular weight is 284 g/mol. The Morgan fingerprint density at radius 3 is 2.47 bits per heavy atom. The molecule has 1 N–H and O–H groups in total. The first-order valence-electron chi connectivity index (χ1n) is 5.58. The van der Waals surface area contributed by atoms with E-state index in [-0.39, 0.29) is 17.5 Å². The Hall–Kier alpha value is -1.51. The third kappa shape index (κ3) is 4.93. The van der Waals surface area contributed by atoms with E-state index in [4.69, 9.17) is 9.84 Å². The van der Waals surface area contributed by atoms with E-state index < -0.39 is 31.3 Å². The first-order chi connectivity index (χ1) is 8.70. The summed E-state index contributed by atoms with van der Waals surface area (Å²) in [6.07, 6.45) is -4.12. The quantitative estimate of drug-likeness (QED) is 0.828. The molecule has 6 nitrogen and oxygen atoms in total. The van der Waals surface area contributed by atoms with E-state index >= 15 is 0 Å². The van der Waals surface area contributed by atoms with Crippen LogP contribution in [-0.2, 0) is 9.53 Å². The van der Waals surface area contributed by atoms with Gasteiger partial charge in [0.2, 0.25) is 0 Å². The molecule has 0 bridgehead atoms. The summed E-state index contributed by atoms with van der Waals surface area (Å²) in [6, 6.07) is -1.28. The molecule has 2 amide bonds. The Balaban J connectivity index is 2.71. The molecular formula is C10H15F3N2O4. The van der Waals surface area contributed by atoms with Crippen LogP contribution in [0.2, 0.25) is 0 Å². The maximum Gasteiger partial charge on any atom is 0.406 e. The second kappa shape index (κ2) is 6.09. The average Bonchev–Trinajstić information content (AvgIpc) is 2.76. The fraction of sp³-hybridized carbons (Fsp3) is 0.800. The summed E-state index contributed by atoms with van der Waals surface area (Å²) in [5, 5.41) is 8.57. The van der Waals surface area contributed by atoms with Crippen molar-refractivity contribution in [1.82, 2.24) is 9.80 Å². The molecule has 1 saturated heterocycles. The van der Waals surface area contributed by atoms with Gasteiger partial charge in [0.1, 0.15) is 13.1 Å². The van der Waals surface area contributed by atoms with Gasteiger partial charge in [-0.15, -0.1) is 0 Å². The monoisotopic (exact) mass is 284 g/mol. The lowest BCUT2D eigenvalue weighted by Gasteiger charge is -2.30. The fourth-order valence-corrected chi connectivity index (χ4v) is 1.78. The predicted molar refractivity (Wildman–Crippen MR) is 57.6 cm³/mol. The number of carboxylic acid groups (broad SMARTS) is 1. The van der Waals surface area contributed by atoms with Crippen LogP contribution in [0.5, 0.6) is 0 Å². The Bertz CT molecular complexity index is 342. The second-order valence-corrected chi connectivity index (χ2v) is 4.28. The number of alkyl halides is 3. The van der Waals surface area contributed by atoms with Crippen molar-refractivity contribution < 1.29 is 32.6 Å². The lowest BCUT2D eigenvalue weighted by molar-refractivity contribution is -0.149. The zero-order valence-corrected chi connectivity index (χ0v) is 10.3. The maximum atomic E-state index is 12.3. The number of nitrogens with zero attached hydrogens (tertiary/aromatic N) is 2. The van der Waals surface area contributed by atoms with Crippen molar-refractivity contribution in [1.29, 1.82) is 0 Å². The van der Waals surface area contributed by atoms with Crippen LogP contribution in [-0.4, -0.2) is 72.5 Å². The Morgan fingerprint density at radius 1 is 1.42 bits per heavy atom. The van der Waals surface area contributed by atoms with Crippen molar-refractivity contribution in [2.45, 2.75) is 18.6 Å². The van der Waals surface area contributed by atoms with Gasteiger partial charge >= 0.3 is 18.2 Å². The zero-order valence-electron chi connectivity index (χ0n) is 10.3. The highest BCUT2D eigenvalue weighted by Gasteiger charge is 2.36. The lowest BCUT2D eigenvalue weighted by Crippen LogP contribution is -2.50. The zero-order chi connectivity index (χ0) is 14.6. The summed E-state index contributed by atoms with van der Waals surface area (Å²) in [5.74, 6) is -1.49. The molecule has 0 aliphatic carbocycles. The van der Waals surface area contributed by atoms with Gasteiger partial charge in [0, 0.05) is 13.7 Å². The molecule has 0 spiro atoms. The van der Waals surface area contributed by atoms with E-state index in [2.05, 4.69) is 0 Å². The highest BCUT2D eigenvalue weighted by molar-refractivity contribution is 5.80. The lowest BCUT2D eigenvalue weighted by atomic mass is 10.2. The van der Waals surface area contributed by atoms with Crippen LogP contribution in [0.4, 0.5) is 18.0 Å². The van der Waals surface area contributed by atoms with Crippen LogP contribution in [0.15, 0.2) is 0 Å². The molecule has 0 aromatic heterocycles. The first-order valence-corrected chi connectivity index (χ1v) is 5.58. The van der Waals surface area contributed by atoms with Gasteiger partial charge < -0.3 is 19.6 Å². The third-order valence-corrected chi connectivity index (χ3v) is 2.72. The Morgan fingerprint density at radius 2 is 2.05 bits per heavy atom. The van der Waals surface area contributed by atoms with Crippen LogP contribution < -0.4 is 0 Å². The van der Waals surface area contributed by atoms with Crippen molar-refractivity contribution >= 4 is 12.0 Å². The molecule has 1 aliphatic heterocycles. The molecule has 1 rings (SSSR count). The summed E-state index contributed by atoms with van der Waals surface area (Å²) >= 11 is 0. The molecule has 1 unspecified atom stereocenters. The number of amides is 2. The van der Waals surface area contributed by atoms with Crippen LogP contribution in [0.25, 0.3) is 0 Å². The van der Waals surface area contributed by atoms with E-state index in [1.807, 2.05) is 0 Å². The van der Waals surface area contributed by atoms with Crippen LogP contribution in [0, 0.1) is 0 Å². The van der Waals surface area contributed by atoms with Gasteiger partial charge in [-0.25, -0.2) is 4.79 Å². The topological polar surface area (TPSA) is 70.1 Å². The smallest absolute Gasteiger partial charge is 0.406 e. The number of likely N-dealkylation sites (N-methyl/N-ethyl adjacent to an activating group) is 1. The Labute approximate surface area is 107 Å². The molecule has 110 valence electrons. The van der Waals surface area contributed by atoms with E-state index in [0.717, 1.165) is 4.90 Å². The summed E-state index contributed by atoms with van der Waals surface area (Å²) in [7, 11) is 1.34. The number of carbonyl (C=O) groups excluding carboxylic acids is 1. The van der Waals surface area contributed by atoms with Crippen LogP contribution in [0.1, 0.15) is 6.42 Å². The number of carbonyl (C=O) groups is 2. The summed E-state index contributed by atoms with van der Waals surface area (Å²) in [5.41, 5.74) is 0. The molecule has 0 radical (unpaired) electrons. The van der Waals surface area contributed by atoms with Gasteiger partial charge in [-0.3, -0.25) is 4.79 Å². The Kier molecular flexibility index (Phi) is 4.98. The molecule has 0 saturated carbocycles. The molecule has 1 fully saturated rings. The van der Waals surface area contributed by atoms with Crippen LogP contribution >= 0.6 is 0 Å². The number of hydrogen-bond donors (Lipinski definition) is 1. The molecule has 9 heteroatoms. The summed E-state index contributed by atoms with van der Waals surface area (Å²) < 4.78 is 42.0. The highest BCUT2D eigenvalue weighted by atomic mass is 19.4. The number of urea groups is 1. The molecule has 19 heavy (non-hydrogen) atoms. The number of ether oxygens (including phenoxy) is 1. The van der Waals surface area contributed by atoms with E-state index in [9.17, 15) is 22.8 Å². The minimum atomic E-state index is -4.64. The van der Waals surface area contributed by atoms with Gasteiger partial charge in [-0.05, 0) is 6.42 Å². The predicted octanol–water partition coefficient (Wildman–Crippen LogP) is 0.776. The van der Waals surface area contributed by atoms with Crippen molar-refractivity contribution in [3.63, 3.8) is 0 Å². The summed E-state index contributed by atoms with van der Waals surface area (Å²) in [6.45, 7) is -1.90. The number of halogens is 3. The minimum absolute atomic E-state index is 0.245. The maximum absolute atomic E-state index is 12.3. The molecule has 0 aromatic carbocycles. The largest absolute Gasteiger partial charge is 0.480 e. The summed E-state index contributed by atoms with van der Waals surface area (Å²) in [4.78, 5) is 23.8. The van der Waals surface area contributed by atoms with Crippen molar-refractivity contribution in [2.24, 2.45) is 0 Å². The van der Waals surface area contributed by atoms with Gasteiger partial charge in [0.15, 0.2) is 0 Å². The van der Waals surface area contributed by atoms with E-state index in [1.165, 1.54) is 7.05 Å². The molecule has 1 atom stereocenters. The molecule has 1 aliphatic rings. The van der Waals surface area contributed by atoms with E-state index in [1.54, 1.807) is 0 Å². The standard InChI is InChI=1S/C10H15F3N2O4/c1-14(7-2-3-19-5-7)9(18)15(4-8(16)17)6-10(11,12)13/h7H,2-6H2,1H3,(H,16,17). The molecule has 0 aromatic rings. The molecular weight excluding hydrogens is 269 g/mol. The van der Waals surface area contributed by atoms with Crippen molar-refractivity contribution in [3.8, 4) is 0 Å². The van der Waals surface area contributed by atoms with Gasteiger partial charge in [0.05, 0.1) is 12.6 Å². The third-order valence-electron chi connectivity index (χ3n) is 2.72. The van der Waals surface area contributed by atoms with Crippen molar-refractivity contribution in [3.05, 3.63) is 0 Å². The first kappa shape index (κ1) is 15.5. The van der Waals surface area contributed by atoms with Crippen LogP contribution in [0.3, 0.4) is 0 Å². The second-order valence-electron chi connectivity index (χ2n) is 4.28. The molecule has 1 heterocycles. The normalized spacial score (nSPS) is 19.3. The van der Waals surface area contributed by atoms with E-state index in [0.29, 0.717) is 13.0 Å². The number of rotatable bonds is 4. The fourth-order valence-electron chi connectivity index (χ4n) is 1.78. The number of aliphatic carboxylic acids is 1. The van der Waals surface area contributed by atoms with Gasteiger partial charge in [-0.1, -0.05) is 0 Å². The minimum Gasteiger partial charge on any atom is -0.480 e. The highest BCUT2D eigenvalue weighted by Crippen LogP contribution is 2.19. The number of hydrogen-bond acceptors (Lipinski definition) is 3. The van der Waals surface area contributed by atoms with Crippen molar-refractivity contribution in [2.75, 3.05) is 33.4 Å². The van der Waals surface area contributed by atoms with Gasteiger partial charge in [0.25, 0.3) is 0 Å². The van der Waals surface area contributed by atoms with Gasteiger partial charge in [-0.2, -0.15) is 13.2 Å². The number of carboxylic acids is 1. The SMILES string of the molecule is CN(C(=O)N(CC(=O)O)CC(F)(F)F)C1CCOC1.